The second-order valence-electron chi connectivity index (χ2n) is 6.10. The zero-order valence-corrected chi connectivity index (χ0v) is 16.8. The molecule has 2 N–H and O–H groups in total. The van der Waals surface area contributed by atoms with Crippen LogP contribution in [-0.4, -0.2) is 50.5 Å². The molecule has 7 heteroatoms. The quantitative estimate of drug-likeness (QED) is 0.399. The van der Waals surface area contributed by atoms with E-state index in [9.17, 15) is 9.18 Å². The van der Waals surface area contributed by atoms with Crippen LogP contribution in [0.2, 0.25) is 0 Å². The van der Waals surface area contributed by atoms with Gasteiger partial charge in [0.2, 0.25) is 5.91 Å². The number of hydrogen-bond donors (Lipinski definition) is 2. The Morgan fingerprint density at radius 3 is 2.50 bits per heavy atom. The second-order valence-corrected chi connectivity index (χ2v) is 6.10. The molecule has 0 radical (unpaired) electrons. The average Bonchev–Trinajstić information content (AvgIpc) is 3.31. The number of amides is 1. The lowest BCUT2D eigenvalue weighted by atomic mass is 9.95. The molecule has 2 rings (SSSR count). The first-order valence-corrected chi connectivity index (χ1v) is 7.96. The number of halogens is 2. The number of likely N-dealkylation sites (N-methyl/N-ethyl adjacent to an activating group) is 1. The van der Waals surface area contributed by atoms with E-state index in [0.29, 0.717) is 19.0 Å². The van der Waals surface area contributed by atoms with Gasteiger partial charge in [-0.25, -0.2) is 9.38 Å². The number of carbonyl (C=O) groups excluding carboxylic acids is 1. The van der Waals surface area contributed by atoms with Crippen LogP contribution in [-0.2, 0) is 10.2 Å². The van der Waals surface area contributed by atoms with E-state index in [4.69, 9.17) is 0 Å². The van der Waals surface area contributed by atoms with E-state index < -0.39 is 0 Å². The van der Waals surface area contributed by atoms with Gasteiger partial charge in [0.1, 0.15) is 12.4 Å². The Balaban J connectivity index is 0.00000288. The lowest BCUT2D eigenvalue weighted by Gasteiger charge is -2.19. The molecular formula is C17H26FIN4O. The van der Waals surface area contributed by atoms with Crippen molar-refractivity contribution in [2.45, 2.75) is 25.2 Å². The van der Waals surface area contributed by atoms with Crippen LogP contribution in [0.5, 0.6) is 0 Å². The first-order chi connectivity index (χ1) is 11.0. The zero-order chi connectivity index (χ0) is 16.9. The third-order valence-corrected chi connectivity index (χ3v) is 4.11. The van der Waals surface area contributed by atoms with Crippen LogP contribution < -0.4 is 10.6 Å². The SMILES string of the molecule is CCNC(=NCC(=O)N(C)C)NCC1(c2ccccc2F)CC1.I. The fourth-order valence-corrected chi connectivity index (χ4v) is 2.47. The summed E-state index contributed by atoms with van der Waals surface area (Å²) >= 11 is 0. The largest absolute Gasteiger partial charge is 0.357 e. The Labute approximate surface area is 160 Å². The lowest BCUT2D eigenvalue weighted by Crippen LogP contribution is -2.42. The molecule has 1 aromatic rings. The highest BCUT2D eigenvalue weighted by molar-refractivity contribution is 14.0. The van der Waals surface area contributed by atoms with Gasteiger partial charge >= 0.3 is 0 Å². The Hall–Kier alpha value is -1.38. The van der Waals surface area contributed by atoms with E-state index >= 15 is 0 Å². The molecule has 0 saturated heterocycles. The van der Waals surface area contributed by atoms with Gasteiger partial charge in [-0.05, 0) is 31.4 Å². The minimum Gasteiger partial charge on any atom is -0.357 e. The van der Waals surface area contributed by atoms with E-state index in [2.05, 4.69) is 15.6 Å². The standard InChI is InChI=1S/C17H25FN4O.HI/c1-4-19-16(20-11-15(23)22(2)3)21-12-17(9-10-17)13-7-5-6-8-14(13)18;/h5-8H,4,9-12H2,1-3H3,(H2,19,20,21);1H. The van der Waals surface area contributed by atoms with Gasteiger partial charge in [0.15, 0.2) is 5.96 Å². The minimum atomic E-state index is -0.160. The molecule has 0 bridgehead atoms. The fourth-order valence-electron chi connectivity index (χ4n) is 2.47. The fraction of sp³-hybridized carbons (Fsp3) is 0.529. The summed E-state index contributed by atoms with van der Waals surface area (Å²) in [5, 5.41) is 6.36. The molecular weight excluding hydrogens is 422 g/mol. The van der Waals surface area contributed by atoms with Crippen molar-refractivity contribution < 1.29 is 9.18 Å². The van der Waals surface area contributed by atoms with Crippen molar-refractivity contribution in [3.63, 3.8) is 0 Å². The summed E-state index contributed by atoms with van der Waals surface area (Å²) in [6.45, 7) is 3.37. The van der Waals surface area contributed by atoms with Gasteiger partial charge in [-0.3, -0.25) is 4.79 Å². The molecule has 0 spiro atoms. The third kappa shape index (κ3) is 5.32. The molecule has 134 valence electrons. The summed E-state index contributed by atoms with van der Waals surface area (Å²) in [6.07, 6.45) is 1.91. The van der Waals surface area contributed by atoms with Gasteiger partial charge in [-0.1, -0.05) is 18.2 Å². The summed E-state index contributed by atoms with van der Waals surface area (Å²) in [5.74, 6) is 0.374. The van der Waals surface area contributed by atoms with Crippen molar-refractivity contribution in [2.24, 2.45) is 4.99 Å². The van der Waals surface area contributed by atoms with Crippen LogP contribution in [0.4, 0.5) is 4.39 Å². The first kappa shape index (κ1) is 20.7. The summed E-state index contributed by atoms with van der Waals surface area (Å²) in [5.41, 5.74) is 0.598. The number of nitrogens with one attached hydrogen (secondary N) is 2. The number of aliphatic imine (C=N–C) groups is 1. The molecule has 5 nitrogen and oxygen atoms in total. The minimum absolute atomic E-state index is 0. The molecule has 1 aliphatic carbocycles. The van der Waals surface area contributed by atoms with E-state index in [0.717, 1.165) is 18.4 Å². The van der Waals surface area contributed by atoms with Crippen molar-refractivity contribution in [3.05, 3.63) is 35.6 Å². The van der Waals surface area contributed by atoms with Crippen molar-refractivity contribution >= 4 is 35.8 Å². The molecule has 1 aliphatic rings. The van der Waals surface area contributed by atoms with E-state index in [-0.39, 0.29) is 47.7 Å². The molecule has 1 aromatic carbocycles. The Kier molecular flexibility index (Phi) is 7.92. The van der Waals surface area contributed by atoms with E-state index in [1.807, 2.05) is 19.1 Å². The van der Waals surface area contributed by atoms with E-state index in [1.54, 1.807) is 20.2 Å². The van der Waals surface area contributed by atoms with Crippen molar-refractivity contribution in [1.29, 1.82) is 0 Å². The molecule has 0 aliphatic heterocycles. The molecule has 0 unspecified atom stereocenters. The van der Waals surface area contributed by atoms with Crippen molar-refractivity contribution in [2.75, 3.05) is 33.7 Å². The van der Waals surface area contributed by atoms with Crippen LogP contribution in [0.15, 0.2) is 29.3 Å². The number of rotatable bonds is 6. The first-order valence-electron chi connectivity index (χ1n) is 7.96. The predicted molar refractivity (Wildman–Crippen MR) is 105 cm³/mol. The Bertz CT molecular complexity index is 588. The van der Waals surface area contributed by atoms with Gasteiger partial charge in [0, 0.05) is 32.6 Å². The molecule has 0 atom stereocenters. The Morgan fingerprint density at radius 1 is 1.29 bits per heavy atom. The van der Waals surface area contributed by atoms with Crippen molar-refractivity contribution in [1.82, 2.24) is 15.5 Å². The van der Waals surface area contributed by atoms with Gasteiger partial charge < -0.3 is 15.5 Å². The molecule has 0 heterocycles. The van der Waals surface area contributed by atoms with Crippen LogP contribution >= 0.6 is 24.0 Å². The number of benzene rings is 1. The Morgan fingerprint density at radius 2 is 1.96 bits per heavy atom. The highest BCUT2D eigenvalue weighted by atomic mass is 127. The molecule has 24 heavy (non-hydrogen) atoms. The van der Waals surface area contributed by atoms with Crippen LogP contribution in [0, 0.1) is 5.82 Å². The van der Waals surface area contributed by atoms with Crippen LogP contribution in [0.3, 0.4) is 0 Å². The van der Waals surface area contributed by atoms with Crippen LogP contribution in [0.25, 0.3) is 0 Å². The third-order valence-electron chi connectivity index (χ3n) is 4.11. The highest BCUT2D eigenvalue weighted by Gasteiger charge is 2.45. The molecule has 0 aromatic heterocycles. The zero-order valence-electron chi connectivity index (χ0n) is 14.4. The molecule has 1 saturated carbocycles. The van der Waals surface area contributed by atoms with Gasteiger partial charge in [-0.2, -0.15) is 0 Å². The number of nitrogens with zero attached hydrogens (tertiary/aromatic N) is 2. The summed E-state index contributed by atoms with van der Waals surface area (Å²) < 4.78 is 14.0. The van der Waals surface area contributed by atoms with Crippen molar-refractivity contribution in [3.8, 4) is 0 Å². The lowest BCUT2D eigenvalue weighted by molar-refractivity contribution is -0.127. The smallest absolute Gasteiger partial charge is 0.243 e. The van der Waals surface area contributed by atoms with Crippen LogP contribution in [0.1, 0.15) is 25.3 Å². The topological polar surface area (TPSA) is 56.7 Å². The van der Waals surface area contributed by atoms with Gasteiger partial charge in [0.05, 0.1) is 0 Å². The summed E-state index contributed by atoms with van der Waals surface area (Å²) in [4.78, 5) is 17.4. The molecule has 1 fully saturated rings. The highest BCUT2D eigenvalue weighted by Crippen LogP contribution is 2.48. The van der Waals surface area contributed by atoms with Gasteiger partial charge in [0.25, 0.3) is 0 Å². The maximum absolute atomic E-state index is 14.0. The monoisotopic (exact) mass is 448 g/mol. The van der Waals surface area contributed by atoms with Gasteiger partial charge in [-0.15, -0.1) is 24.0 Å². The number of guanidine groups is 1. The normalized spacial score (nSPS) is 15.2. The second kappa shape index (κ2) is 9.19. The summed E-state index contributed by atoms with van der Waals surface area (Å²) in [7, 11) is 3.41. The maximum atomic E-state index is 14.0. The average molecular weight is 448 g/mol. The summed E-state index contributed by atoms with van der Waals surface area (Å²) in [6, 6.07) is 6.93. The maximum Gasteiger partial charge on any atom is 0.243 e. The number of hydrogen-bond acceptors (Lipinski definition) is 2. The number of carbonyl (C=O) groups is 1. The van der Waals surface area contributed by atoms with E-state index in [1.165, 1.54) is 11.0 Å². The molecule has 1 amide bonds. The predicted octanol–water partition coefficient (Wildman–Crippen LogP) is 2.12.